The smallest absolute Gasteiger partial charge is 0.312 e. The minimum Gasteiger partial charge on any atom is -0.454 e. The van der Waals surface area contributed by atoms with Crippen LogP contribution in [0.4, 0.5) is 5.69 Å². The Hall–Kier alpha value is -4.83. The van der Waals surface area contributed by atoms with Crippen molar-refractivity contribution in [2.45, 2.75) is 25.9 Å². The molecule has 11 heteroatoms. The van der Waals surface area contributed by atoms with Crippen LogP contribution < -0.4 is 14.8 Å². The van der Waals surface area contributed by atoms with Crippen molar-refractivity contribution in [3.63, 3.8) is 0 Å². The van der Waals surface area contributed by atoms with Crippen molar-refractivity contribution >= 4 is 35.0 Å². The average Bonchev–Trinajstić information content (AvgIpc) is 3.68. The number of hydrogen-bond acceptors (Lipinski definition) is 6. The van der Waals surface area contributed by atoms with Crippen LogP contribution >= 0.6 is 11.6 Å². The Bertz CT molecular complexity index is 1680. The number of carbonyl (C=O) groups is 3. The highest BCUT2D eigenvalue weighted by molar-refractivity contribution is 6.34. The number of hydrogen-bond donors (Lipinski definition) is 1. The van der Waals surface area contributed by atoms with E-state index in [-0.39, 0.29) is 25.2 Å². The van der Waals surface area contributed by atoms with E-state index in [9.17, 15) is 14.4 Å². The summed E-state index contributed by atoms with van der Waals surface area (Å²) in [7, 11) is 1.62. The van der Waals surface area contributed by atoms with E-state index < -0.39 is 11.8 Å². The number of likely N-dealkylation sites (tertiary alicyclic amines) is 1. The second-order valence-corrected chi connectivity index (χ2v) is 11.4. The first-order chi connectivity index (χ1) is 21.4. The van der Waals surface area contributed by atoms with Crippen LogP contribution in [0.15, 0.2) is 79.0 Å². The van der Waals surface area contributed by atoms with E-state index in [4.69, 9.17) is 26.2 Å². The highest BCUT2D eigenvalue weighted by Gasteiger charge is 2.32. The van der Waals surface area contributed by atoms with Crippen molar-refractivity contribution in [2.75, 3.05) is 32.2 Å². The fraction of sp³-hybridized carbons (Fsp3) is 0.273. The van der Waals surface area contributed by atoms with E-state index in [1.165, 1.54) is 9.80 Å². The normalized spacial score (nSPS) is 14.4. The number of carbonyl (C=O) groups excluding carboxylic acids is 3. The predicted octanol–water partition coefficient (Wildman–Crippen LogP) is 4.82. The van der Waals surface area contributed by atoms with Crippen LogP contribution in [-0.2, 0) is 27.5 Å². The maximum Gasteiger partial charge on any atom is 0.312 e. The molecule has 0 saturated carbocycles. The van der Waals surface area contributed by atoms with Gasteiger partial charge in [0.25, 0.3) is 0 Å². The molecule has 3 aromatic carbocycles. The number of likely N-dealkylation sites (N-methyl/N-ethyl adjacent to an activating group) is 1. The molecule has 0 aliphatic carbocycles. The number of nitrogens with one attached hydrogen (secondary N) is 1. The second-order valence-electron chi connectivity index (χ2n) is 10.9. The third kappa shape index (κ3) is 6.40. The highest BCUT2D eigenvalue weighted by atomic mass is 35.5. The van der Waals surface area contributed by atoms with Gasteiger partial charge in [-0.2, -0.15) is 5.10 Å². The summed E-state index contributed by atoms with van der Waals surface area (Å²) in [4.78, 5) is 42.3. The Morgan fingerprint density at radius 2 is 1.68 bits per heavy atom. The van der Waals surface area contributed by atoms with Gasteiger partial charge in [-0.3, -0.25) is 19.1 Å². The summed E-state index contributed by atoms with van der Waals surface area (Å²) in [5.41, 5.74) is 4.01. The average molecular weight is 614 g/mol. The van der Waals surface area contributed by atoms with Crippen LogP contribution in [-0.4, -0.2) is 64.2 Å². The molecule has 0 radical (unpaired) electrons. The van der Waals surface area contributed by atoms with Crippen LogP contribution in [0, 0.1) is 5.92 Å². The van der Waals surface area contributed by atoms with Gasteiger partial charge in [-0.05, 0) is 36.6 Å². The first-order valence-corrected chi connectivity index (χ1v) is 14.8. The maximum atomic E-state index is 13.3. The standard InChI is InChI=1S/C33H32ClN5O5/c1-37(18-25-20-39(19-24-9-5-6-10-27(24)34)36-30(25)22-7-3-2-4-8-22)32(41)33(42)38-15-13-23(14-16-38)31(40)35-26-11-12-28-29(17-26)44-21-43-28/h2-12,17,20,23H,13-16,18-19,21H2,1H3,(H,35,40). The Morgan fingerprint density at radius 3 is 2.45 bits per heavy atom. The summed E-state index contributed by atoms with van der Waals surface area (Å²) in [5.74, 6) is -0.337. The van der Waals surface area contributed by atoms with Crippen molar-refractivity contribution in [2.24, 2.45) is 5.92 Å². The molecule has 3 heterocycles. The zero-order chi connectivity index (χ0) is 30.6. The summed E-state index contributed by atoms with van der Waals surface area (Å²) >= 11 is 6.39. The number of rotatable bonds is 7. The molecule has 1 aromatic heterocycles. The Labute approximate surface area is 260 Å². The Kier molecular flexibility index (Phi) is 8.51. The molecule has 0 atom stereocenters. The number of piperidine rings is 1. The Morgan fingerprint density at radius 1 is 0.955 bits per heavy atom. The van der Waals surface area contributed by atoms with E-state index in [1.807, 2.05) is 60.8 Å². The summed E-state index contributed by atoms with van der Waals surface area (Å²) in [6.07, 6.45) is 2.82. The van der Waals surface area contributed by atoms with Crippen molar-refractivity contribution in [3.05, 3.63) is 95.1 Å². The first-order valence-electron chi connectivity index (χ1n) is 14.5. The quantitative estimate of drug-likeness (QED) is 0.300. The van der Waals surface area contributed by atoms with Gasteiger partial charge in [0, 0.05) is 66.7 Å². The van der Waals surface area contributed by atoms with Crippen LogP contribution in [0.2, 0.25) is 5.02 Å². The molecule has 0 spiro atoms. The zero-order valence-electron chi connectivity index (χ0n) is 24.2. The molecule has 0 bridgehead atoms. The number of fused-ring (bicyclic) bond motifs is 1. The number of amides is 3. The largest absolute Gasteiger partial charge is 0.454 e. The number of halogens is 1. The van der Waals surface area contributed by atoms with Gasteiger partial charge in [0.2, 0.25) is 12.7 Å². The molecule has 44 heavy (non-hydrogen) atoms. The molecule has 1 N–H and O–H groups in total. The third-order valence-corrected chi connectivity index (χ3v) is 8.27. The SMILES string of the molecule is CN(Cc1cn(Cc2ccccc2Cl)nc1-c1ccccc1)C(=O)C(=O)N1CCC(C(=O)Nc2ccc3c(c2)OCO3)CC1. The van der Waals surface area contributed by atoms with E-state index in [0.717, 1.165) is 22.4 Å². The van der Waals surface area contributed by atoms with Gasteiger partial charge < -0.3 is 24.6 Å². The monoisotopic (exact) mass is 613 g/mol. The van der Waals surface area contributed by atoms with E-state index in [2.05, 4.69) is 5.32 Å². The van der Waals surface area contributed by atoms with Crippen LogP contribution in [0.25, 0.3) is 11.3 Å². The fourth-order valence-electron chi connectivity index (χ4n) is 5.49. The topological polar surface area (TPSA) is 106 Å². The van der Waals surface area contributed by atoms with Crippen LogP contribution in [0.3, 0.4) is 0 Å². The van der Waals surface area contributed by atoms with Gasteiger partial charge in [-0.25, -0.2) is 0 Å². The van der Waals surface area contributed by atoms with Crippen molar-refractivity contribution < 1.29 is 23.9 Å². The van der Waals surface area contributed by atoms with Crippen molar-refractivity contribution in [1.82, 2.24) is 19.6 Å². The Balaban J connectivity index is 1.08. The lowest BCUT2D eigenvalue weighted by Crippen LogP contribution is -2.48. The molecule has 2 aliphatic heterocycles. The summed E-state index contributed by atoms with van der Waals surface area (Å²) in [5, 5.41) is 8.38. The summed E-state index contributed by atoms with van der Waals surface area (Å²) in [6.45, 7) is 1.47. The molecule has 6 rings (SSSR count). The maximum absolute atomic E-state index is 13.3. The van der Waals surface area contributed by atoms with Gasteiger partial charge in [0.1, 0.15) is 0 Å². The molecule has 10 nitrogen and oxygen atoms in total. The summed E-state index contributed by atoms with van der Waals surface area (Å²) < 4.78 is 12.5. The van der Waals surface area contributed by atoms with E-state index in [0.29, 0.717) is 54.7 Å². The third-order valence-electron chi connectivity index (χ3n) is 7.91. The number of benzene rings is 3. The lowest BCUT2D eigenvalue weighted by atomic mass is 9.95. The molecule has 1 saturated heterocycles. The second kappa shape index (κ2) is 12.8. The van der Waals surface area contributed by atoms with E-state index >= 15 is 0 Å². The lowest BCUT2D eigenvalue weighted by molar-refractivity contribution is -0.152. The van der Waals surface area contributed by atoms with Crippen molar-refractivity contribution in [1.29, 1.82) is 0 Å². The number of nitrogens with zero attached hydrogens (tertiary/aromatic N) is 4. The van der Waals surface area contributed by atoms with E-state index in [1.54, 1.807) is 29.9 Å². The zero-order valence-corrected chi connectivity index (χ0v) is 25.0. The highest BCUT2D eigenvalue weighted by Crippen LogP contribution is 2.34. The molecule has 0 unspecified atom stereocenters. The molecule has 2 aliphatic rings. The molecule has 3 amide bonds. The molecular weight excluding hydrogens is 582 g/mol. The molecular formula is C33H32ClN5O5. The van der Waals surface area contributed by atoms with Gasteiger partial charge in [-0.15, -0.1) is 0 Å². The van der Waals surface area contributed by atoms with Gasteiger partial charge in [0.05, 0.1) is 12.2 Å². The number of aromatic nitrogens is 2. The first kappa shape index (κ1) is 29.3. The van der Waals surface area contributed by atoms with Gasteiger partial charge in [0.15, 0.2) is 11.5 Å². The van der Waals surface area contributed by atoms with Gasteiger partial charge in [-0.1, -0.05) is 60.1 Å². The van der Waals surface area contributed by atoms with Crippen LogP contribution in [0.5, 0.6) is 11.5 Å². The molecule has 4 aromatic rings. The predicted molar refractivity (Wildman–Crippen MR) is 165 cm³/mol. The van der Waals surface area contributed by atoms with Gasteiger partial charge >= 0.3 is 11.8 Å². The molecule has 226 valence electrons. The number of ether oxygens (including phenoxy) is 2. The van der Waals surface area contributed by atoms with Crippen LogP contribution in [0.1, 0.15) is 24.0 Å². The minimum atomic E-state index is -0.605. The minimum absolute atomic E-state index is 0.123. The number of anilines is 1. The van der Waals surface area contributed by atoms with Crippen molar-refractivity contribution in [3.8, 4) is 22.8 Å². The summed E-state index contributed by atoms with van der Waals surface area (Å²) in [6, 6.07) is 22.6. The lowest BCUT2D eigenvalue weighted by Gasteiger charge is -2.31. The fourth-order valence-corrected chi connectivity index (χ4v) is 5.68. The molecule has 1 fully saturated rings.